The molecule has 3 atom stereocenters. The molecule has 4 rings (SSSR count). The van der Waals surface area contributed by atoms with Gasteiger partial charge in [0.25, 0.3) is 0 Å². The summed E-state index contributed by atoms with van der Waals surface area (Å²) in [6, 6.07) is 16.3. The average Bonchev–Trinajstić information content (AvgIpc) is 3.44. The van der Waals surface area contributed by atoms with Gasteiger partial charge < -0.3 is 25.2 Å². The first kappa shape index (κ1) is 23.8. The van der Waals surface area contributed by atoms with Crippen LogP contribution in [0.3, 0.4) is 0 Å². The van der Waals surface area contributed by atoms with Crippen LogP contribution < -0.4 is 10.6 Å². The molecule has 1 heterocycles. The van der Waals surface area contributed by atoms with Gasteiger partial charge in [0.1, 0.15) is 12.7 Å². The van der Waals surface area contributed by atoms with Crippen molar-refractivity contribution in [1.82, 2.24) is 10.6 Å². The third-order valence-corrected chi connectivity index (χ3v) is 6.69. The highest BCUT2D eigenvalue weighted by atomic mass is 16.5. The van der Waals surface area contributed by atoms with Crippen LogP contribution in [0.1, 0.15) is 36.8 Å². The minimum Gasteiger partial charge on any atom is -0.481 e. The molecule has 8 heteroatoms. The van der Waals surface area contributed by atoms with Crippen LogP contribution >= 0.6 is 0 Å². The summed E-state index contributed by atoms with van der Waals surface area (Å²) in [4.78, 5) is 36.1. The number of ether oxygens (including phenoxy) is 2. The number of hydrogen-bond donors (Lipinski definition) is 3. The second-order valence-electron chi connectivity index (χ2n) is 8.74. The first-order chi connectivity index (χ1) is 16.5. The molecule has 0 aromatic heterocycles. The van der Waals surface area contributed by atoms with E-state index in [1.807, 2.05) is 24.3 Å². The monoisotopic (exact) mass is 466 g/mol. The van der Waals surface area contributed by atoms with Gasteiger partial charge in [0.15, 0.2) is 0 Å². The Labute approximate surface area is 198 Å². The molecule has 1 unspecified atom stereocenters. The molecule has 2 amide bonds. The third-order valence-electron chi connectivity index (χ3n) is 6.69. The maximum Gasteiger partial charge on any atom is 0.407 e. The average molecular weight is 467 g/mol. The molecule has 8 nitrogen and oxygen atoms in total. The number of amides is 2. The molecule has 34 heavy (non-hydrogen) atoms. The summed E-state index contributed by atoms with van der Waals surface area (Å²) in [6.45, 7) is 2.68. The maximum atomic E-state index is 12.5. The summed E-state index contributed by atoms with van der Waals surface area (Å²) in [5, 5.41) is 14.6. The number of carboxylic acid groups (broad SMARTS) is 1. The molecular weight excluding hydrogens is 436 g/mol. The zero-order valence-corrected chi connectivity index (χ0v) is 19.2. The van der Waals surface area contributed by atoms with Crippen molar-refractivity contribution in [2.24, 2.45) is 11.8 Å². The van der Waals surface area contributed by atoms with Crippen LogP contribution in [-0.2, 0) is 19.1 Å². The van der Waals surface area contributed by atoms with Gasteiger partial charge in [-0.15, -0.1) is 0 Å². The van der Waals surface area contributed by atoms with E-state index < -0.39 is 24.1 Å². The Morgan fingerprint density at radius 1 is 1.06 bits per heavy atom. The second kappa shape index (κ2) is 10.7. The van der Waals surface area contributed by atoms with Crippen LogP contribution in [0, 0.1) is 11.8 Å². The lowest BCUT2D eigenvalue weighted by atomic mass is 9.98. The molecule has 0 radical (unpaired) electrons. The number of rotatable bonds is 9. The Bertz CT molecular complexity index is 1010. The van der Waals surface area contributed by atoms with Crippen molar-refractivity contribution >= 4 is 18.0 Å². The Kier molecular flexibility index (Phi) is 7.47. The third kappa shape index (κ3) is 5.07. The molecule has 2 aromatic rings. The van der Waals surface area contributed by atoms with Gasteiger partial charge in [-0.3, -0.25) is 9.59 Å². The Morgan fingerprint density at radius 3 is 2.32 bits per heavy atom. The van der Waals surface area contributed by atoms with Gasteiger partial charge in [-0.25, -0.2) is 4.79 Å². The van der Waals surface area contributed by atoms with Gasteiger partial charge in [-0.2, -0.15) is 0 Å². The van der Waals surface area contributed by atoms with Crippen molar-refractivity contribution in [3.05, 3.63) is 59.7 Å². The van der Waals surface area contributed by atoms with E-state index >= 15 is 0 Å². The van der Waals surface area contributed by atoms with Crippen molar-refractivity contribution < 1.29 is 29.0 Å². The predicted octanol–water partition coefficient (Wildman–Crippen LogP) is 3.16. The molecule has 2 aromatic carbocycles. The maximum absolute atomic E-state index is 12.5. The van der Waals surface area contributed by atoms with E-state index in [1.165, 1.54) is 0 Å². The standard InChI is InChI=1S/C26H30N2O6/c1-2-16(25(30)31)13-27-24(29)23-17(11-12-33-23)14-28-26(32)34-15-22-20-9-5-3-7-18(20)19-8-4-6-10-21(19)22/h3-10,16-17,22-23H,2,11-15H2,1H3,(H,27,29)(H,28,32)(H,30,31)/t16?,17-,23-/m0/s1. The minimum absolute atomic E-state index is 0.0211. The van der Waals surface area contributed by atoms with Crippen molar-refractivity contribution in [3.8, 4) is 11.1 Å². The van der Waals surface area contributed by atoms with Crippen LogP contribution in [0.15, 0.2) is 48.5 Å². The lowest BCUT2D eigenvalue weighted by molar-refractivity contribution is -0.142. The van der Waals surface area contributed by atoms with E-state index in [2.05, 4.69) is 34.9 Å². The summed E-state index contributed by atoms with van der Waals surface area (Å²) in [5.74, 6) is -2.15. The topological polar surface area (TPSA) is 114 Å². The molecular formula is C26H30N2O6. The number of carbonyl (C=O) groups is 3. The summed E-state index contributed by atoms with van der Waals surface area (Å²) in [6.07, 6.45) is -0.212. The number of alkyl carbamates (subject to hydrolysis) is 1. The van der Waals surface area contributed by atoms with E-state index in [0.29, 0.717) is 19.4 Å². The molecule has 1 fully saturated rings. The van der Waals surface area contributed by atoms with Crippen molar-refractivity contribution in [2.45, 2.75) is 31.8 Å². The molecule has 2 aliphatic rings. The number of benzene rings is 2. The van der Waals surface area contributed by atoms with E-state index in [4.69, 9.17) is 14.6 Å². The summed E-state index contributed by atoms with van der Waals surface area (Å²) >= 11 is 0. The van der Waals surface area contributed by atoms with Crippen LogP contribution in [0.25, 0.3) is 11.1 Å². The van der Waals surface area contributed by atoms with Crippen LogP contribution in [-0.4, -0.2) is 55.5 Å². The second-order valence-corrected chi connectivity index (χ2v) is 8.74. The predicted molar refractivity (Wildman–Crippen MR) is 125 cm³/mol. The number of fused-ring (bicyclic) bond motifs is 3. The van der Waals surface area contributed by atoms with Gasteiger partial charge in [-0.1, -0.05) is 55.5 Å². The SMILES string of the molecule is CCC(CNC(=O)[C@H]1OCC[C@H]1CNC(=O)OCC1c2ccccc2-c2ccccc21)C(=O)O. The van der Waals surface area contributed by atoms with Gasteiger partial charge in [0.2, 0.25) is 5.91 Å². The van der Waals surface area contributed by atoms with Gasteiger partial charge in [0, 0.05) is 31.5 Å². The zero-order chi connectivity index (χ0) is 24.1. The summed E-state index contributed by atoms with van der Waals surface area (Å²) in [5.41, 5.74) is 4.61. The Hall–Kier alpha value is -3.39. The van der Waals surface area contributed by atoms with Gasteiger partial charge >= 0.3 is 12.1 Å². The molecule has 3 N–H and O–H groups in total. The first-order valence-electron chi connectivity index (χ1n) is 11.7. The van der Waals surface area contributed by atoms with Crippen LogP contribution in [0.4, 0.5) is 4.79 Å². The first-order valence-corrected chi connectivity index (χ1v) is 11.7. The minimum atomic E-state index is -0.941. The Balaban J connectivity index is 1.28. The van der Waals surface area contributed by atoms with E-state index in [9.17, 15) is 14.4 Å². The van der Waals surface area contributed by atoms with Crippen LogP contribution in [0.2, 0.25) is 0 Å². The van der Waals surface area contributed by atoms with E-state index in [-0.39, 0.29) is 37.4 Å². The summed E-state index contributed by atoms with van der Waals surface area (Å²) < 4.78 is 11.1. The number of aliphatic carboxylic acids is 1. The van der Waals surface area contributed by atoms with E-state index in [1.54, 1.807) is 6.92 Å². The molecule has 1 aliphatic carbocycles. The van der Waals surface area contributed by atoms with Crippen molar-refractivity contribution in [1.29, 1.82) is 0 Å². The fraction of sp³-hybridized carbons (Fsp3) is 0.423. The van der Waals surface area contributed by atoms with E-state index in [0.717, 1.165) is 22.3 Å². The molecule has 1 saturated heterocycles. The lowest BCUT2D eigenvalue weighted by Gasteiger charge is -2.20. The number of hydrogen-bond acceptors (Lipinski definition) is 5. The van der Waals surface area contributed by atoms with Gasteiger partial charge in [-0.05, 0) is 35.1 Å². The number of carbonyl (C=O) groups excluding carboxylic acids is 2. The fourth-order valence-electron chi connectivity index (χ4n) is 4.73. The zero-order valence-electron chi connectivity index (χ0n) is 19.2. The lowest BCUT2D eigenvalue weighted by Crippen LogP contribution is -2.44. The molecule has 180 valence electrons. The normalized spacial score (nSPS) is 19.7. The van der Waals surface area contributed by atoms with Gasteiger partial charge in [0.05, 0.1) is 5.92 Å². The fourth-order valence-corrected chi connectivity index (χ4v) is 4.73. The highest BCUT2D eigenvalue weighted by molar-refractivity contribution is 5.82. The smallest absolute Gasteiger partial charge is 0.407 e. The van der Waals surface area contributed by atoms with Crippen LogP contribution in [0.5, 0.6) is 0 Å². The summed E-state index contributed by atoms with van der Waals surface area (Å²) in [7, 11) is 0. The number of carboxylic acids is 1. The molecule has 0 spiro atoms. The van der Waals surface area contributed by atoms with Crippen molar-refractivity contribution in [2.75, 3.05) is 26.3 Å². The molecule has 0 bridgehead atoms. The Morgan fingerprint density at radius 2 is 1.71 bits per heavy atom. The quantitative estimate of drug-likeness (QED) is 0.523. The largest absolute Gasteiger partial charge is 0.481 e. The number of nitrogens with one attached hydrogen (secondary N) is 2. The highest BCUT2D eigenvalue weighted by Crippen LogP contribution is 2.44. The molecule has 1 aliphatic heterocycles. The highest BCUT2D eigenvalue weighted by Gasteiger charge is 2.35. The molecule has 0 saturated carbocycles. The van der Waals surface area contributed by atoms with Crippen molar-refractivity contribution in [3.63, 3.8) is 0 Å².